The van der Waals surface area contributed by atoms with Crippen molar-refractivity contribution in [2.24, 2.45) is 11.3 Å². The molecule has 1 fully saturated rings. The molecule has 0 radical (unpaired) electrons. The molecule has 1 aliphatic heterocycles. The standard InChI is InChI=1S/C12H25NO/c1-10(2)12(9-13-11(3)4)5-7-14-8-6-12/h10-11,13H,5-9H2,1-4H3. The summed E-state index contributed by atoms with van der Waals surface area (Å²) < 4.78 is 5.45. The van der Waals surface area contributed by atoms with Crippen molar-refractivity contribution in [2.75, 3.05) is 19.8 Å². The Bertz CT molecular complexity index is 160. The molecule has 1 N–H and O–H groups in total. The zero-order valence-corrected chi connectivity index (χ0v) is 10.1. The third-order valence-corrected chi connectivity index (χ3v) is 3.58. The zero-order valence-electron chi connectivity index (χ0n) is 10.1. The third-order valence-electron chi connectivity index (χ3n) is 3.58. The highest BCUT2D eigenvalue weighted by Gasteiger charge is 2.35. The van der Waals surface area contributed by atoms with Crippen molar-refractivity contribution in [3.63, 3.8) is 0 Å². The van der Waals surface area contributed by atoms with Crippen LogP contribution in [-0.2, 0) is 4.74 Å². The highest BCUT2D eigenvalue weighted by atomic mass is 16.5. The van der Waals surface area contributed by atoms with Crippen LogP contribution in [0.2, 0.25) is 0 Å². The van der Waals surface area contributed by atoms with E-state index < -0.39 is 0 Å². The first-order valence-electron chi connectivity index (χ1n) is 5.88. The van der Waals surface area contributed by atoms with Crippen LogP contribution in [0.4, 0.5) is 0 Å². The lowest BCUT2D eigenvalue weighted by Gasteiger charge is -2.41. The minimum atomic E-state index is 0.475. The summed E-state index contributed by atoms with van der Waals surface area (Å²) in [5, 5.41) is 3.58. The Morgan fingerprint density at radius 2 is 1.71 bits per heavy atom. The highest BCUT2D eigenvalue weighted by Crippen LogP contribution is 2.37. The van der Waals surface area contributed by atoms with E-state index in [4.69, 9.17) is 4.74 Å². The summed E-state index contributed by atoms with van der Waals surface area (Å²) in [6.45, 7) is 12.1. The molecule has 0 bridgehead atoms. The number of rotatable bonds is 4. The molecule has 14 heavy (non-hydrogen) atoms. The second-order valence-corrected chi connectivity index (χ2v) is 5.17. The molecule has 0 amide bonds. The summed E-state index contributed by atoms with van der Waals surface area (Å²) in [6, 6.07) is 0.591. The van der Waals surface area contributed by atoms with Crippen LogP contribution >= 0.6 is 0 Å². The number of nitrogens with one attached hydrogen (secondary N) is 1. The molecular formula is C12H25NO. The fourth-order valence-electron chi connectivity index (χ4n) is 2.14. The van der Waals surface area contributed by atoms with Gasteiger partial charge in [0, 0.05) is 25.8 Å². The number of hydrogen-bond donors (Lipinski definition) is 1. The molecule has 0 aromatic heterocycles. The Balaban J connectivity index is 2.52. The summed E-state index contributed by atoms with van der Waals surface area (Å²) in [5.41, 5.74) is 0.475. The Morgan fingerprint density at radius 1 is 1.14 bits per heavy atom. The lowest BCUT2D eigenvalue weighted by molar-refractivity contribution is -0.0106. The molecule has 0 spiro atoms. The Hall–Kier alpha value is -0.0800. The molecule has 1 saturated heterocycles. The van der Waals surface area contributed by atoms with Crippen LogP contribution < -0.4 is 5.32 Å². The SMILES string of the molecule is CC(C)NCC1(C(C)C)CCOCC1. The van der Waals surface area contributed by atoms with E-state index in [1.54, 1.807) is 0 Å². The summed E-state index contributed by atoms with van der Waals surface area (Å²) >= 11 is 0. The van der Waals surface area contributed by atoms with Gasteiger partial charge in [-0.15, -0.1) is 0 Å². The van der Waals surface area contributed by atoms with E-state index >= 15 is 0 Å². The molecule has 0 aromatic carbocycles. The molecule has 0 saturated carbocycles. The van der Waals surface area contributed by atoms with Gasteiger partial charge in [-0.1, -0.05) is 27.7 Å². The van der Waals surface area contributed by atoms with E-state index in [9.17, 15) is 0 Å². The van der Waals surface area contributed by atoms with Gasteiger partial charge in [-0.3, -0.25) is 0 Å². The summed E-state index contributed by atoms with van der Waals surface area (Å²) in [4.78, 5) is 0. The van der Waals surface area contributed by atoms with E-state index in [1.807, 2.05) is 0 Å². The van der Waals surface area contributed by atoms with Gasteiger partial charge in [0.15, 0.2) is 0 Å². The van der Waals surface area contributed by atoms with Gasteiger partial charge in [-0.25, -0.2) is 0 Å². The molecular weight excluding hydrogens is 174 g/mol. The molecule has 2 nitrogen and oxygen atoms in total. The smallest absolute Gasteiger partial charge is 0.0471 e. The third kappa shape index (κ3) is 2.96. The van der Waals surface area contributed by atoms with Crippen LogP contribution in [0.25, 0.3) is 0 Å². The van der Waals surface area contributed by atoms with Crippen molar-refractivity contribution >= 4 is 0 Å². The van der Waals surface area contributed by atoms with E-state index in [0.717, 1.165) is 25.7 Å². The number of hydrogen-bond acceptors (Lipinski definition) is 2. The predicted octanol–water partition coefficient (Wildman–Crippen LogP) is 2.44. The molecule has 84 valence electrons. The summed E-state index contributed by atoms with van der Waals surface area (Å²) in [6.07, 6.45) is 2.43. The van der Waals surface area contributed by atoms with Crippen molar-refractivity contribution in [1.29, 1.82) is 0 Å². The molecule has 2 heteroatoms. The van der Waals surface area contributed by atoms with Gasteiger partial charge in [0.25, 0.3) is 0 Å². The van der Waals surface area contributed by atoms with Gasteiger partial charge in [-0.05, 0) is 24.2 Å². The Kier molecular flexibility index (Phi) is 4.39. The van der Waals surface area contributed by atoms with Crippen LogP contribution in [0.15, 0.2) is 0 Å². The van der Waals surface area contributed by atoms with E-state index in [1.165, 1.54) is 12.8 Å². The molecule has 0 aliphatic carbocycles. The normalized spacial score (nSPS) is 21.9. The number of ether oxygens (including phenoxy) is 1. The largest absolute Gasteiger partial charge is 0.381 e. The van der Waals surface area contributed by atoms with Crippen molar-refractivity contribution in [2.45, 2.75) is 46.6 Å². The molecule has 1 heterocycles. The first-order chi connectivity index (χ1) is 6.57. The second-order valence-electron chi connectivity index (χ2n) is 5.17. The average molecular weight is 199 g/mol. The molecule has 0 atom stereocenters. The van der Waals surface area contributed by atoms with Gasteiger partial charge < -0.3 is 10.1 Å². The van der Waals surface area contributed by atoms with Crippen LogP contribution in [0, 0.1) is 11.3 Å². The summed E-state index contributed by atoms with van der Waals surface area (Å²) in [5.74, 6) is 0.748. The maximum absolute atomic E-state index is 5.45. The van der Waals surface area contributed by atoms with E-state index in [-0.39, 0.29) is 0 Å². The van der Waals surface area contributed by atoms with Crippen molar-refractivity contribution in [3.05, 3.63) is 0 Å². The topological polar surface area (TPSA) is 21.3 Å². The maximum Gasteiger partial charge on any atom is 0.0471 e. The van der Waals surface area contributed by atoms with Crippen LogP contribution in [0.3, 0.4) is 0 Å². The van der Waals surface area contributed by atoms with Crippen LogP contribution in [0.1, 0.15) is 40.5 Å². The lowest BCUT2D eigenvalue weighted by atomic mass is 9.71. The lowest BCUT2D eigenvalue weighted by Crippen LogP contribution is -2.44. The first kappa shape index (κ1) is 12.0. The van der Waals surface area contributed by atoms with Crippen molar-refractivity contribution in [1.82, 2.24) is 5.32 Å². The van der Waals surface area contributed by atoms with E-state index in [2.05, 4.69) is 33.0 Å². The van der Waals surface area contributed by atoms with Gasteiger partial charge in [-0.2, -0.15) is 0 Å². The van der Waals surface area contributed by atoms with Crippen LogP contribution in [0.5, 0.6) is 0 Å². The van der Waals surface area contributed by atoms with Gasteiger partial charge in [0.05, 0.1) is 0 Å². The average Bonchev–Trinajstić information content (AvgIpc) is 2.16. The predicted molar refractivity (Wildman–Crippen MR) is 60.5 cm³/mol. The molecule has 1 rings (SSSR count). The molecule has 0 unspecified atom stereocenters. The molecule has 0 aromatic rings. The second kappa shape index (κ2) is 5.13. The minimum absolute atomic E-state index is 0.475. The van der Waals surface area contributed by atoms with Gasteiger partial charge >= 0.3 is 0 Å². The van der Waals surface area contributed by atoms with Crippen molar-refractivity contribution in [3.8, 4) is 0 Å². The minimum Gasteiger partial charge on any atom is -0.381 e. The zero-order chi connectivity index (χ0) is 10.6. The monoisotopic (exact) mass is 199 g/mol. The summed E-state index contributed by atoms with van der Waals surface area (Å²) in [7, 11) is 0. The fraction of sp³-hybridized carbons (Fsp3) is 1.00. The van der Waals surface area contributed by atoms with Crippen molar-refractivity contribution < 1.29 is 4.74 Å². The molecule has 1 aliphatic rings. The van der Waals surface area contributed by atoms with Crippen LogP contribution in [-0.4, -0.2) is 25.8 Å². The maximum atomic E-state index is 5.45. The highest BCUT2D eigenvalue weighted by molar-refractivity contribution is 4.87. The Morgan fingerprint density at radius 3 is 2.14 bits per heavy atom. The first-order valence-corrected chi connectivity index (χ1v) is 5.88. The Labute approximate surface area is 88.4 Å². The quantitative estimate of drug-likeness (QED) is 0.751. The van der Waals surface area contributed by atoms with Gasteiger partial charge in [0.1, 0.15) is 0 Å². The van der Waals surface area contributed by atoms with E-state index in [0.29, 0.717) is 11.5 Å². The fourth-order valence-corrected chi connectivity index (χ4v) is 2.14. The van der Waals surface area contributed by atoms with Gasteiger partial charge in [0.2, 0.25) is 0 Å².